The maximum Gasteiger partial charge on any atom is 0.133 e. The lowest BCUT2D eigenvalue weighted by Crippen LogP contribution is -2.05. The lowest BCUT2D eigenvalue weighted by Gasteiger charge is -2.21. The van der Waals surface area contributed by atoms with Crippen LogP contribution in [0.5, 0.6) is 5.75 Å². The van der Waals surface area contributed by atoms with Gasteiger partial charge in [0.05, 0.1) is 6.61 Å². The zero-order valence-corrected chi connectivity index (χ0v) is 13.4. The highest BCUT2D eigenvalue weighted by atomic mass is 32.2. The van der Waals surface area contributed by atoms with Crippen LogP contribution in [0, 0.1) is 31.4 Å². The Morgan fingerprint density at radius 2 is 2.00 bits per heavy atom. The van der Waals surface area contributed by atoms with E-state index >= 15 is 0 Å². The molecule has 0 aliphatic rings. The number of nitriles is 1. The normalized spacial score (nSPS) is 12.0. The summed E-state index contributed by atoms with van der Waals surface area (Å²) in [7, 11) is 0. The van der Waals surface area contributed by atoms with E-state index < -0.39 is 0 Å². The number of benzene rings is 1. The van der Waals surface area contributed by atoms with Gasteiger partial charge in [-0.05, 0) is 80.1 Å². The Labute approximate surface area is 121 Å². The van der Waals surface area contributed by atoms with E-state index in [1.807, 2.05) is 6.92 Å². The summed E-state index contributed by atoms with van der Waals surface area (Å²) in [4.78, 5) is 0. The molecule has 0 fully saturated rings. The molecule has 1 aromatic rings. The van der Waals surface area contributed by atoms with Gasteiger partial charge in [-0.25, -0.2) is 0 Å². The van der Waals surface area contributed by atoms with Gasteiger partial charge in [0.1, 0.15) is 11.2 Å². The maximum atomic E-state index is 8.59. The minimum atomic E-state index is 0.482. The largest absolute Gasteiger partial charge is 0.494 e. The summed E-state index contributed by atoms with van der Waals surface area (Å²) in [5.74, 6) is 2.37. The molecule has 0 amide bonds. The summed E-state index contributed by atoms with van der Waals surface area (Å²) < 4.78 is 5.68. The van der Waals surface area contributed by atoms with Crippen LogP contribution in [-0.4, -0.2) is 12.4 Å². The molecule has 0 aliphatic carbocycles. The number of rotatable bonds is 6. The number of thiocyanates is 1. The Morgan fingerprint density at radius 1 is 1.32 bits per heavy atom. The third-order valence-corrected chi connectivity index (χ3v) is 4.19. The maximum absolute atomic E-state index is 8.59. The fourth-order valence-electron chi connectivity index (χ4n) is 2.55. The standard InChI is InChI=1S/C16H23NOS/c1-6-18-15-9-12(3)16(14(5)13(15)4)11(2)7-8-19-10-17/h9,11H,6-8H2,1-5H3. The van der Waals surface area contributed by atoms with Crippen molar-refractivity contribution < 1.29 is 4.74 Å². The Morgan fingerprint density at radius 3 is 2.58 bits per heavy atom. The van der Waals surface area contributed by atoms with Crippen LogP contribution in [0.2, 0.25) is 0 Å². The van der Waals surface area contributed by atoms with Gasteiger partial charge in [0.25, 0.3) is 0 Å². The van der Waals surface area contributed by atoms with Gasteiger partial charge in [0, 0.05) is 5.75 Å². The zero-order chi connectivity index (χ0) is 14.4. The molecule has 1 aromatic carbocycles. The molecule has 0 aliphatic heterocycles. The van der Waals surface area contributed by atoms with Crippen molar-refractivity contribution in [1.29, 1.82) is 5.26 Å². The molecule has 0 spiro atoms. The van der Waals surface area contributed by atoms with Crippen molar-refractivity contribution >= 4 is 11.8 Å². The van der Waals surface area contributed by atoms with Gasteiger partial charge < -0.3 is 4.74 Å². The summed E-state index contributed by atoms with van der Waals surface area (Å²) in [6.45, 7) is 11.4. The van der Waals surface area contributed by atoms with Crippen molar-refractivity contribution in [3.05, 3.63) is 28.3 Å². The Bertz CT molecular complexity index is 477. The van der Waals surface area contributed by atoms with Gasteiger partial charge in [-0.2, -0.15) is 5.26 Å². The molecule has 3 heteroatoms. The third kappa shape index (κ3) is 3.91. The van der Waals surface area contributed by atoms with Crippen molar-refractivity contribution in [2.75, 3.05) is 12.4 Å². The molecule has 0 N–H and O–H groups in total. The van der Waals surface area contributed by atoms with Gasteiger partial charge in [-0.1, -0.05) is 6.92 Å². The highest BCUT2D eigenvalue weighted by Crippen LogP contribution is 2.34. The minimum Gasteiger partial charge on any atom is -0.494 e. The molecule has 1 unspecified atom stereocenters. The Balaban J connectivity index is 3.02. The molecule has 0 radical (unpaired) electrons. The van der Waals surface area contributed by atoms with E-state index in [0.717, 1.165) is 17.9 Å². The molecular formula is C16H23NOS. The predicted octanol–water partition coefficient (Wildman–Crippen LogP) is 4.72. The molecule has 1 rings (SSSR count). The SMILES string of the molecule is CCOc1cc(C)c(C(C)CCSC#N)c(C)c1C. The summed E-state index contributed by atoms with van der Waals surface area (Å²) in [5.41, 5.74) is 5.28. The van der Waals surface area contributed by atoms with Crippen molar-refractivity contribution in [3.63, 3.8) is 0 Å². The Hall–Kier alpha value is -1.14. The van der Waals surface area contributed by atoms with E-state index in [4.69, 9.17) is 10.00 Å². The molecule has 2 nitrogen and oxygen atoms in total. The van der Waals surface area contributed by atoms with Gasteiger partial charge in [0.2, 0.25) is 0 Å². The molecule has 0 saturated carbocycles. The van der Waals surface area contributed by atoms with Gasteiger partial charge in [0.15, 0.2) is 0 Å². The van der Waals surface area contributed by atoms with Crippen molar-refractivity contribution in [2.45, 2.75) is 47.0 Å². The average molecular weight is 277 g/mol. The molecule has 104 valence electrons. The first-order chi connectivity index (χ1) is 9.02. The Kier molecular flexibility index (Phi) is 6.24. The quantitative estimate of drug-likeness (QED) is 0.557. The number of hydrogen-bond donors (Lipinski definition) is 0. The van der Waals surface area contributed by atoms with Crippen LogP contribution in [0.3, 0.4) is 0 Å². The first-order valence-corrected chi connectivity index (χ1v) is 7.75. The monoisotopic (exact) mass is 277 g/mol. The number of aryl methyl sites for hydroxylation is 1. The van der Waals surface area contributed by atoms with E-state index in [1.54, 1.807) is 0 Å². The van der Waals surface area contributed by atoms with Crippen molar-refractivity contribution in [2.24, 2.45) is 0 Å². The lowest BCUT2D eigenvalue weighted by molar-refractivity contribution is 0.337. The van der Waals surface area contributed by atoms with E-state index in [-0.39, 0.29) is 0 Å². The van der Waals surface area contributed by atoms with Gasteiger partial charge >= 0.3 is 0 Å². The molecule has 0 heterocycles. The molecule has 1 atom stereocenters. The van der Waals surface area contributed by atoms with E-state index in [2.05, 4.69) is 39.2 Å². The lowest BCUT2D eigenvalue weighted by atomic mass is 9.87. The van der Waals surface area contributed by atoms with Crippen LogP contribution in [-0.2, 0) is 0 Å². The minimum absolute atomic E-state index is 0.482. The summed E-state index contributed by atoms with van der Waals surface area (Å²) in [5, 5.41) is 10.7. The van der Waals surface area contributed by atoms with Crippen LogP contribution in [0.15, 0.2) is 6.07 Å². The second kappa shape index (κ2) is 7.45. The van der Waals surface area contributed by atoms with Gasteiger partial charge in [-0.3, -0.25) is 0 Å². The second-order valence-electron chi connectivity index (χ2n) is 4.92. The van der Waals surface area contributed by atoms with Crippen LogP contribution in [0.1, 0.15) is 48.4 Å². The van der Waals surface area contributed by atoms with Crippen molar-refractivity contribution in [1.82, 2.24) is 0 Å². The summed E-state index contributed by atoms with van der Waals surface area (Å²) in [6.07, 6.45) is 1.04. The molecule has 0 aromatic heterocycles. The number of hydrogen-bond acceptors (Lipinski definition) is 3. The smallest absolute Gasteiger partial charge is 0.133 e. The summed E-state index contributed by atoms with van der Waals surface area (Å²) in [6, 6.07) is 2.15. The first-order valence-electron chi connectivity index (χ1n) is 6.77. The molecule has 0 bridgehead atoms. The fraction of sp³-hybridized carbons (Fsp3) is 0.562. The van der Waals surface area contributed by atoms with Crippen LogP contribution >= 0.6 is 11.8 Å². The van der Waals surface area contributed by atoms with E-state index in [1.165, 1.54) is 34.0 Å². The second-order valence-corrected chi connectivity index (χ2v) is 5.80. The average Bonchev–Trinajstić information content (AvgIpc) is 2.36. The number of ether oxygens (including phenoxy) is 1. The topological polar surface area (TPSA) is 33.0 Å². The molecule has 19 heavy (non-hydrogen) atoms. The highest BCUT2D eigenvalue weighted by molar-refractivity contribution is 8.03. The highest BCUT2D eigenvalue weighted by Gasteiger charge is 2.16. The van der Waals surface area contributed by atoms with Crippen LogP contribution < -0.4 is 4.74 Å². The predicted molar refractivity (Wildman–Crippen MR) is 82.9 cm³/mol. The molecule has 0 saturated heterocycles. The van der Waals surface area contributed by atoms with E-state index in [9.17, 15) is 0 Å². The zero-order valence-electron chi connectivity index (χ0n) is 12.5. The third-order valence-electron chi connectivity index (χ3n) is 3.62. The number of nitrogens with zero attached hydrogens (tertiary/aromatic N) is 1. The first kappa shape index (κ1) is 15.9. The van der Waals surface area contributed by atoms with Crippen LogP contribution in [0.4, 0.5) is 0 Å². The molecular weight excluding hydrogens is 254 g/mol. The fourth-order valence-corrected chi connectivity index (χ4v) is 3.12. The van der Waals surface area contributed by atoms with Crippen LogP contribution in [0.25, 0.3) is 0 Å². The number of thioether (sulfide) groups is 1. The van der Waals surface area contributed by atoms with Crippen molar-refractivity contribution in [3.8, 4) is 11.2 Å². The van der Waals surface area contributed by atoms with Gasteiger partial charge in [-0.15, -0.1) is 0 Å². The summed E-state index contributed by atoms with van der Waals surface area (Å²) >= 11 is 1.34. The van der Waals surface area contributed by atoms with E-state index in [0.29, 0.717) is 12.5 Å².